The van der Waals surface area contributed by atoms with E-state index in [9.17, 15) is 4.79 Å². The summed E-state index contributed by atoms with van der Waals surface area (Å²) in [5, 5.41) is 13.7. The van der Waals surface area contributed by atoms with Gasteiger partial charge in [-0.15, -0.1) is 0 Å². The molecule has 0 amide bonds. The summed E-state index contributed by atoms with van der Waals surface area (Å²) in [5.74, 6) is 0.190. The number of furan rings is 1. The number of aliphatic carboxylic acids is 1. The summed E-state index contributed by atoms with van der Waals surface area (Å²) >= 11 is 6.49. The van der Waals surface area contributed by atoms with E-state index in [2.05, 4.69) is 5.32 Å². The van der Waals surface area contributed by atoms with E-state index in [1.54, 1.807) is 7.11 Å². The van der Waals surface area contributed by atoms with Crippen LogP contribution in [0.25, 0.3) is 11.0 Å². The second-order valence-electron chi connectivity index (χ2n) is 5.31. The molecule has 1 aliphatic heterocycles. The third kappa shape index (κ3) is 2.36. The lowest BCUT2D eigenvalue weighted by Crippen LogP contribution is -2.17. The van der Waals surface area contributed by atoms with Crippen LogP contribution < -0.4 is 10.1 Å². The number of hydrogen-bond acceptors (Lipinski definition) is 4. The van der Waals surface area contributed by atoms with E-state index in [-0.39, 0.29) is 12.0 Å². The van der Waals surface area contributed by atoms with Gasteiger partial charge >= 0.3 is 5.97 Å². The molecular formula is C15H16ClNO4. The molecule has 5 nitrogen and oxygen atoms in total. The van der Waals surface area contributed by atoms with E-state index in [4.69, 9.17) is 25.9 Å². The van der Waals surface area contributed by atoms with Crippen LogP contribution >= 0.6 is 11.6 Å². The summed E-state index contributed by atoms with van der Waals surface area (Å²) in [7, 11) is 1.58. The van der Waals surface area contributed by atoms with Crippen LogP contribution in [0.1, 0.15) is 23.8 Å². The van der Waals surface area contributed by atoms with Crippen LogP contribution in [-0.4, -0.2) is 24.7 Å². The number of halogens is 1. The molecule has 1 fully saturated rings. The monoisotopic (exact) mass is 309 g/mol. The second-order valence-corrected chi connectivity index (χ2v) is 5.69. The van der Waals surface area contributed by atoms with Gasteiger partial charge in [0.25, 0.3) is 0 Å². The third-order valence-corrected chi connectivity index (χ3v) is 4.35. The molecule has 0 radical (unpaired) electrons. The summed E-state index contributed by atoms with van der Waals surface area (Å²) in [4.78, 5) is 11.1. The van der Waals surface area contributed by atoms with Crippen molar-refractivity contribution in [3.63, 3.8) is 0 Å². The van der Waals surface area contributed by atoms with Crippen molar-refractivity contribution in [2.75, 3.05) is 13.7 Å². The predicted molar refractivity (Wildman–Crippen MR) is 79.0 cm³/mol. The number of methoxy groups -OCH3 is 1. The number of benzene rings is 1. The van der Waals surface area contributed by atoms with Gasteiger partial charge in [-0.1, -0.05) is 11.6 Å². The Labute approximate surface area is 126 Å². The first-order valence-electron chi connectivity index (χ1n) is 6.74. The Morgan fingerprint density at radius 2 is 2.29 bits per heavy atom. The van der Waals surface area contributed by atoms with Crippen molar-refractivity contribution in [3.8, 4) is 5.75 Å². The molecule has 0 spiro atoms. The van der Waals surface area contributed by atoms with Crippen LogP contribution in [0.15, 0.2) is 16.5 Å². The van der Waals surface area contributed by atoms with Crippen LogP contribution in [0, 0.1) is 12.8 Å². The maximum atomic E-state index is 11.1. The fourth-order valence-electron chi connectivity index (χ4n) is 2.85. The van der Waals surface area contributed by atoms with Gasteiger partial charge in [0.15, 0.2) is 11.3 Å². The first kappa shape index (κ1) is 14.2. The zero-order valence-electron chi connectivity index (χ0n) is 11.8. The molecule has 2 aromatic rings. The first-order chi connectivity index (χ1) is 10.0. The van der Waals surface area contributed by atoms with Gasteiger partial charge < -0.3 is 19.6 Å². The standard InChI is InChI=1S/C15H16ClNO4/c1-7-3-10-13(16)9(5-12(20-2)14(10)21-7)11-4-8(6-17-11)15(18)19/h3,5,8,11,17H,4,6H2,1-2H3,(H,18,19). The highest BCUT2D eigenvalue weighted by molar-refractivity contribution is 6.36. The number of nitrogens with one attached hydrogen (secondary N) is 1. The molecule has 1 aromatic heterocycles. The number of carbonyl (C=O) groups is 1. The van der Waals surface area contributed by atoms with Crippen molar-refractivity contribution in [1.29, 1.82) is 0 Å². The van der Waals surface area contributed by atoms with E-state index >= 15 is 0 Å². The molecule has 2 heterocycles. The summed E-state index contributed by atoms with van der Waals surface area (Å²) in [6.07, 6.45) is 0.514. The van der Waals surface area contributed by atoms with Crippen molar-refractivity contribution in [2.45, 2.75) is 19.4 Å². The normalized spacial score (nSPS) is 21.9. The minimum atomic E-state index is -0.784. The second kappa shape index (κ2) is 5.24. The highest BCUT2D eigenvalue weighted by Gasteiger charge is 2.32. The molecule has 2 atom stereocenters. The quantitative estimate of drug-likeness (QED) is 0.911. The highest BCUT2D eigenvalue weighted by atomic mass is 35.5. The average molecular weight is 310 g/mol. The van der Waals surface area contributed by atoms with Gasteiger partial charge in [-0.25, -0.2) is 0 Å². The summed E-state index contributed by atoms with van der Waals surface area (Å²) < 4.78 is 11.0. The van der Waals surface area contributed by atoms with Crippen molar-refractivity contribution >= 4 is 28.5 Å². The van der Waals surface area contributed by atoms with E-state index in [0.717, 1.165) is 16.7 Å². The lowest BCUT2D eigenvalue weighted by molar-refractivity contribution is -0.141. The third-order valence-electron chi connectivity index (χ3n) is 3.93. The Morgan fingerprint density at radius 3 is 2.90 bits per heavy atom. The fraction of sp³-hybridized carbons (Fsp3) is 0.400. The van der Waals surface area contributed by atoms with Gasteiger partial charge in [-0.05, 0) is 31.0 Å². The number of carboxylic acids is 1. The summed E-state index contributed by atoms with van der Waals surface area (Å²) in [5.41, 5.74) is 1.47. The van der Waals surface area contributed by atoms with E-state index in [0.29, 0.717) is 29.3 Å². The molecule has 1 aliphatic rings. The Balaban J connectivity index is 2.07. The molecule has 21 heavy (non-hydrogen) atoms. The predicted octanol–water partition coefficient (Wildman–Crippen LogP) is 3.14. The van der Waals surface area contributed by atoms with Crippen LogP contribution in [-0.2, 0) is 4.79 Å². The molecule has 0 saturated carbocycles. The molecule has 2 N–H and O–H groups in total. The van der Waals surface area contributed by atoms with Gasteiger partial charge in [0.05, 0.1) is 18.1 Å². The molecular weight excluding hydrogens is 294 g/mol. The maximum Gasteiger partial charge on any atom is 0.307 e. The van der Waals surface area contributed by atoms with E-state index in [1.165, 1.54) is 0 Å². The minimum absolute atomic E-state index is 0.0906. The topological polar surface area (TPSA) is 71.7 Å². The Hall–Kier alpha value is -1.72. The van der Waals surface area contributed by atoms with Gasteiger partial charge in [-0.3, -0.25) is 4.79 Å². The smallest absolute Gasteiger partial charge is 0.307 e. The summed E-state index contributed by atoms with van der Waals surface area (Å²) in [6.45, 7) is 2.30. The number of aryl methyl sites for hydroxylation is 1. The summed E-state index contributed by atoms with van der Waals surface area (Å²) in [6, 6.07) is 3.61. The van der Waals surface area contributed by atoms with Gasteiger partial charge in [0.1, 0.15) is 5.76 Å². The minimum Gasteiger partial charge on any atom is -0.493 e. The zero-order valence-corrected chi connectivity index (χ0v) is 12.5. The maximum absolute atomic E-state index is 11.1. The van der Waals surface area contributed by atoms with Crippen molar-refractivity contribution in [2.24, 2.45) is 5.92 Å². The first-order valence-corrected chi connectivity index (χ1v) is 7.11. The van der Waals surface area contributed by atoms with Crippen molar-refractivity contribution < 1.29 is 19.1 Å². The van der Waals surface area contributed by atoms with Gasteiger partial charge in [0.2, 0.25) is 0 Å². The number of ether oxygens (including phenoxy) is 1. The Kier molecular flexibility index (Phi) is 3.55. The highest BCUT2D eigenvalue weighted by Crippen LogP contribution is 2.41. The lowest BCUT2D eigenvalue weighted by atomic mass is 9.98. The van der Waals surface area contributed by atoms with E-state index < -0.39 is 5.97 Å². The molecule has 2 unspecified atom stereocenters. The van der Waals surface area contributed by atoms with Crippen LogP contribution in [0.4, 0.5) is 0 Å². The molecule has 0 bridgehead atoms. The number of carboxylic acid groups (broad SMARTS) is 1. The van der Waals surface area contributed by atoms with Crippen LogP contribution in [0.5, 0.6) is 5.75 Å². The molecule has 112 valence electrons. The lowest BCUT2D eigenvalue weighted by Gasteiger charge is -2.15. The zero-order chi connectivity index (χ0) is 15.1. The van der Waals surface area contributed by atoms with Crippen molar-refractivity contribution in [3.05, 3.63) is 28.5 Å². The van der Waals surface area contributed by atoms with Gasteiger partial charge in [-0.2, -0.15) is 0 Å². The van der Waals surface area contributed by atoms with Gasteiger partial charge in [0, 0.05) is 18.0 Å². The number of fused-ring (bicyclic) bond motifs is 1. The Bertz CT molecular complexity index is 709. The largest absolute Gasteiger partial charge is 0.493 e. The molecule has 1 saturated heterocycles. The van der Waals surface area contributed by atoms with Crippen molar-refractivity contribution in [1.82, 2.24) is 5.32 Å². The molecule has 6 heteroatoms. The number of rotatable bonds is 3. The molecule has 1 aromatic carbocycles. The fourth-order valence-corrected chi connectivity index (χ4v) is 3.18. The van der Waals surface area contributed by atoms with E-state index in [1.807, 2.05) is 19.1 Å². The number of hydrogen-bond donors (Lipinski definition) is 2. The molecule has 0 aliphatic carbocycles. The SMILES string of the molecule is COc1cc(C2CC(C(=O)O)CN2)c(Cl)c2cc(C)oc12. The van der Waals surface area contributed by atoms with Crippen LogP contribution in [0.2, 0.25) is 5.02 Å². The molecule has 3 rings (SSSR count). The average Bonchev–Trinajstić information content (AvgIpc) is 3.06. The Morgan fingerprint density at radius 1 is 1.52 bits per heavy atom. The van der Waals surface area contributed by atoms with Crippen LogP contribution in [0.3, 0.4) is 0 Å².